The van der Waals surface area contributed by atoms with Gasteiger partial charge in [-0.15, -0.1) is 0 Å². The molecule has 1 fully saturated rings. The quantitative estimate of drug-likeness (QED) is 0.487. The fourth-order valence-electron chi connectivity index (χ4n) is 1.88. The Morgan fingerprint density at radius 2 is 2.07 bits per heavy atom. The molecule has 0 radical (unpaired) electrons. The first-order valence-electron chi connectivity index (χ1n) is 5.10. The van der Waals surface area contributed by atoms with Crippen LogP contribution in [0.5, 0.6) is 0 Å². The molecule has 3 heteroatoms. The molecule has 0 unspecified atom stereocenters. The number of hydrogen-bond acceptors (Lipinski definition) is 2. The normalized spacial score (nSPS) is 25.3. The predicted octanol–water partition coefficient (Wildman–Crippen LogP) is 2.60. The minimum absolute atomic E-state index is 0.0273. The predicted molar refractivity (Wildman–Crippen MR) is 67.0 cm³/mol. The van der Waals surface area contributed by atoms with Crippen LogP contribution in [0.15, 0.2) is 30.3 Å². The van der Waals surface area contributed by atoms with E-state index in [0.29, 0.717) is 0 Å². The summed E-state index contributed by atoms with van der Waals surface area (Å²) < 4.78 is 6.15. The van der Waals surface area contributed by atoms with Gasteiger partial charge in [0, 0.05) is 4.43 Å². The van der Waals surface area contributed by atoms with E-state index in [4.69, 9.17) is 4.74 Å². The molecule has 15 heavy (non-hydrogen) atoms. The van der Waals surface area contributed by atoms with Crippen LogP contribution >= 0.6 is 22.6 Å². The highest BCUT2D eigenvalue weighted by Gasteiger charge is 2.33. The molecule has 2 nitrogen and oxygen atoms in total. The van der Waals surface area contributed by atoms with Crippen molar-refractivity contribution >= 4 is 28.6 Å². The van der Waals surface area contributed by atoms with E-state index < -0.39 is 0 Å². The Labute approximate surface area is 103 Å². The van der Waals surface area contributed by atoms with Crippen LogP contribution in [0.3, 0.4) is 0 Å². The average molecular weight is 316 g/mol. The molecule has 0 N–H and O–H groups in total. The Kier molecular flexibility index (Phi) is 3.61. The fourth-order valence-corrected chi connectivity index (χ4v) is 2.42. The largest absolute Gasteiger partial charge is 0.461 e. The van der Waals surface area contributed by atoms with E-state index in [1.165, 1.54) is 5.56 Å². The summed E-state index contributed by atoms with van der Waals surface area (Å²) in [5.74, 6) is 0.0349. The van der Waals surface area contributed by atoms with E-state index >= 15 is 0 Å². The summed E-state index contributed by atoms with van der Waals surface area (Å²) in [7, 11) is 0. The lowest BCUT2D eigenvalue weighted by Gasteiger charge is -2.04. The molecule has 1 aromatic rings. The Balaban J connectivity index is 1.99. The molecule has 0 aromatic heterocycles. The number of carbonyl (C=O) groups is 1. The van der Waals surface area contributed by atoms with Gasteiger partial charge in [0.1, 0.15) is 6.10 Å². The maximum absolute atomic E-state index is 11.5. The van der Waals surface area contributed by atoms with Crippen molar-refractivity contribution < 1.29 is 9.53 Å². The van der Waals surface area contributed by atoms with E-state index in [1.807, 2.05) is 18.2 Å². The second-order valence-corrected chi connectivity index (χ2v) is 4.72. The molecule has 1 aliphatic rings. The number of rotatable bonds is 3. The zero-order valence-electron chi connectivity index (χ0n) is 8.36. The molecule has 1 saturated heterocycles. The van der Waals surface area contributed by atoms with Crippen molar-refractivity contribution in [1.82, 2.24) is 0 Å². The minimum Gasteiger partial charge on any atom is -0.461 e. The topological polar surface area (TPSA) is 26.3 Å². The van der Waals surface area contributed by atoms with Gasteiger partial charge in [0.15, 0.2) is 0 Å². The summed E-state index contributed by atoms with van der Waals surface area (Å²) in [4.78, 5) is 11.5. The van der Waals surface area contributed by atoms with Crippen molar-refractivity contribution in [3.8, 4) is 0 Å². The third kappa shape index (κ3) is 2.71. The number of benzene rings is 1. The van der Waals surface area contributed by atoms with Crippen LogP contribution in [-0.4, -0.2) is 16.5 Å². The van der Waals surface area contributed by atoms with Crippen molar-refractivity contribution in [2.45, 2.75) is 18.9 Å². The van der Waals surface area contributed by atoms with Crippen molar-refractivity contribution in [3.05, 3.63) is 35.9 Å². The molecule has 80 valence electrons. The summed E-state index contributed by atoms with van der Waals surface area (Å²) in [5.41, 5.74) is 1.22. The number of halogens is 1. The summed E-state index contributed by atoms with van der Waals surface area (Å²) in [5, 5.41) is 0. The van der Waals surface area contributed by atoms with Gasteiger partial charge in [0.25, 0.3) is 0 Å². The van der Waals surface area contributed by atoms with Crippen LogP contribution in [-0.2, 0) is 16.0 Å². The van der Waals surface area contributed by atoms with Crippen LogP contribution in [0, 0.1) is 5.92 Å². The van der Waals surface area contributed by atoms with Crippen LogP contribution < -0.4 is 0 Å². The number of esters is 1. The van der Waals surface area contributed by atoms with Gasteiger partial charge >= 0.3 is 5.97 Å². The maximum Gasteiger partial charge on any atom is 0.309 e. The first-order chi connectivity index (χ1) is 7.29. The third-order valence-corrected chi connectivity index (χ3v) is 3.64. The van der Waals surface area contributed by atoms with Crippen molar-refractivity contribution in [2.75, 3.05) is 4.43 Å². The van der Waals surface area contributed by atoms with Gasteiger partial charge in [0.2, 0.25) is 0 Å². The number of cyclic esters (lactones) is 1. The number of ether oxygens (including phenoxy) is 1. The van der Waals surface area contributed by atoms with E-state index in [9.17, 15) is 4.79 Å². The molecular weight excluding hydrogens is 303 g/mol. The summed E-state index contributed by atoms with van der Waals surface area (Å²) >= 11 is 2.26. The molecule has 0 saturated carbocycles. The molecule has 0 amide bonds. The van der Waals surface area contributed by atoms with E-state index in [0.717, 1.165) is 17.3 Å². The third-order valence-electron chi connectivity index (χ3n) is 2.66. The first kappa shape index (κ1) is 10.9. The van der Waals surface area contributed by atoms with Crippen LogP contribution in [0.4, 0.5) is 0 Å². The molecule has 2 rings (SSSR count). The van der Waals surface area contributed by atoms with Gasteiger partial charge < -0.3 is 4.74 Å². The number of hydrogen-bond donors (Lipinski definition) is 0. The summed E-state index contributed by atoms with van der Waals surface area (Å²) in [6.45, 7) is 0. The SMILES string of the molecule is O=C1O[C@H](CI)C[C@H]1Cc1ccccc1. The van der Waals surface area contributed by atoms with E-state index in [1.54, 1.807) is 0 Å². The van der Waals surface area contributed by atoms with Gasteiger partial charge in [-0.1, -0.05) is 52.9 Å². The van der Waals surface area contributed by atoms with Crippen molar-refractivity contribution in [3.63, 3.8) is 0 Å². The highest BCUT2D eigenvalue weighted by Crippen LogP contribution is 2.25. The minimum atomic E-state index is -0.0273. The standard InChI is InChI=1S/C12H13IO2/c13-8-11-7-10(12(14)15-11)6-9-4-2-1-3-5-9/h1-5,10-11H,6-8H2/t10-,11+/m1/s1. The Hall–Kier alpha value is -0.580. The zero-order valence-corrected chi connectivity index (χ0v) is 10.5. The first-order valence-corrected chi connectivity index (χ1v) is 6.62. The molecular formula is C12H13IO2. The molecule has 1 aromatic carbocycles. The molecule has 0 bridgehead atoms. The van der Waals surface area contributed by atoms with E-state index in [2.05, 4.69) is 34.7 Å². The molecule has 0 aliphatic carbocycles. The number of carbonyl (C=O) groups excluding carboxylic acids is 1. The van der Waals surface area contributed by atoms with Crippen molar-refractivity contribution in [1.29, 1.82) is 0 Å². The highest BCUT2D eigenvalue weighted by molar-refractivity contribution is 14.1. The van der Waals surface area contributed by atoms with Crippen LogP contribution in [0.1, 0.15) is 12.0 Å². The monoisotopic (exact) mass is 316 g/mol. The summed E-state index contributed by atoms with van der Waals surface area (Å²) in [6.07, 6.45) is 1.82. The molecule has 2 atom stereocenters. The lowest BCUT2D eigenvalue weighted by Crippen LogP contribution is -2.10. The smallest absolute Gasteiger partial charge is 0.309 e. The average Bonchev–Trinajstić information content (AvgIpc) is 2.61. The van der Waals surface area contributed by atoms with Crippen molar-refractivity contribution in [2.24, 2.45) is 5.92 Å². The lowest BCUT2D eigenvalue weighted by atomic mass is 9.97. The zero-order chi connectivity index (χ0) is 10.7. The van der Waals surface area contributed by atoms with Gasteiger partial charge in [0.05, 0.1) is 5.92 Å². The van der Waals surface area contributed by atoms with E-state index in [-0.39, 0.29) is 18.0 Å². The molecule has 0 spiro atoms. The second-order valence-electron chi connectivity index (χ2n) is 3.84. The van der Waals surface area contributed by atoms with Crippen LogP contribution in [0.25, 0.3) is 0 Å². The molecule has 1 heterocycles. The van der Waals surface area contributed by atoms with Gasteiger partial charge in [-0.3, -0.25) is 4.79 Å². The van der Waals surface area contributed by atoms with Gasteiger partial charge in [-0.2, -0.15) is 0 Å². The number of alkyl halides is 1. The van der Waals surface area contributed by atoms with Gasteiger partial charge in [-0.05, 0) is 18.4 Å². The maximum atomic E-state index is 11.5. The summed E-state index contributed by atoms with van der Waals surface area (Å²) in [6, 6.07) is 10.1. The highest BCUT2D eigenvalue weighted by atomic mass is 127. The fraction of sp³-hybridized carbons (Fsp3) is 0.417. The second kappa shape index (κ2) is 4.96. The lowest BCUT2D eigenvalue weighted by molar-refractivity contribution is -0.143. The Bertz CT molecular complexity index is 337. The van der Waals surface area contributed by atoms with Crippen LogP contribution in [0.2, 0.25) is 0 Å². The Morgan fingerprint density at radius 3 is 2.67 bits per heavy atom. The Morgan fingerprint density at radius 1 is 1.33 bits per heavy atom. The molecule has 1 aliphatic heterocycles. The van der Waals surface area contributed by atoms with Gasteiger partial charge in [-0.25, -0.2) is 0 Å².